The molecule has 172 valence electrons. The van der Waals surface area contributed by atoms with Crippen molar-refractivity contribution in [3.05, 3.63) is 64.6 Å². The zero-order valence-corrected chi connectivity index (χ0v) is 18.7. The Labute approximate surface area is 187 Å². The van der Waals surface area contributed by atoms with Crippen LogP contribution in [0.5, 0.6) is 11.5 Å². The smallest absolute Gasteiger partial charge is 0.280 e. The molecule has 0 amide bonds. The molecular formula is C21H19F2N5O4S. The largest absolute Gasteiger partial charge is 0.454 e. The van der Waals surface area contributed by atoms with Gasteiger partial charge in [0.25, 0.3) is 5.56 Å². The molecule has 0 radical (unpaired) electrons. The van der Waals surface area contributed by atoms with E-state index in [1.165, 1.54) is 47.6 Å². The molecule has 0 atom stereocenters. The molecule has 0 aliphatic carbocycles. The summed E-state index contributed by atoms with van der Waals surface area (Å²) in [6.07, 6.45) is 1.52. The Balaban J connectivity index is 1.96. The molecule has 0 aliphatic heterocycles. The van der Waals surface area contributed by atoms with Crippen LogP contribution in [0.2, 0.25) is 0 Å². The minimum atomic E-state index is -3.59. The number of rotatable bonds is 6. The third kappa shape index (κ3) is 4.29. The summed E-state index contributed by atoms with van der Waals surface area (Å²) in [5.74, 6) is -1.91. The van der Waals surface area contributed by atoms with Gasteiger partial charge in [-0.3, -0.25) is 9.52 Å². The normalized spacial score (nSPS) is 11.7. The predicted molar refractivity (Wildman–Crippen MR) is 119 cm³/mol. The fraction of sp³-hybridized carbons (Fsp3) is 0.190. The van der Waals surface area contributed by atoms with Crippen molar-refractivity contribution in [1.82, 2.24) is 19.6 Å². The van der Waals surface area contributed by atoms with E-state index in [0.29, 0.717) is 22.7 Å². The van der Waals surface area contributed by atoms with E-state index in [0.717, 1.165) is 12.1 Å². The summed E-state index contributed by atoms with van der Waals surface area (Å²) in [7, 11) is -0.456. The molecule has 1 N–H and O–H groups in total. The summed E-state index contributed by atoms with van der Waals surface area (Å²) in [6.45, 7) is 1.50. The van der Waals surface area contributed by atoms with Crippen LogP contribution in [0.3, 0.4) is 0 Å². The van der Waals surface area contributed by atoms with Gasteiger partial charge in [0, 0.05) is 43.2 Å². The van der Waals surface area contributed by atoms with Gasteiger partial charge in [-0.2, -0.15) is 0 Å². The third-order valence-electron chi connectivity index (χ3n) is 4.96. The average molecular weight is 475 g/mol. The number of nitrogens with one attached hydrogen (secondary N) is 1. The summed E-state index contributed by atoms with van der Waals surface area (Å²) < 4.78 is 62.7. The number of pyridine rings is 1. The van der Waals surface area contributed by atoms with Crippen LogP contribution in [0.15, 0.2) is 47.4 Å². The van der Waals surface area contributed by atoms with Gasteiger partial charge >= 0.3 is 0 Å². The van der Waals surface area contributed by atoms with E-state index in [1.807, 2.05) is 0 Å². The highest BCUT2D eigenvalue weighted by atomic mass is 32.2. The van der Waals surface area contributed by atoms with E-state index in [4.69, 9.17) is 4.74 Å². The van der Waals surface area contributed by atoms with Crippen LogP contribution in [-0.2, 0) is 24.1 Å². The first-order valence-corrected chi connectivity index (χ1v) is 11.4. The number of benzene rings is 2. The van der Waals surface area contributed by atoms with E-state index in [1.54, 1.807) is 7.05 Å². The fourth-order valence-electron chi connectivity index (χ4n) is 3.30. The second-order valence-electron chi connectivity index (χ2n) is 7.26. The molecule has 2 aromatic heterocycles. The third-order valence-corrected chi connectivity index (χ3v) is 6.27. The number of ether oxygens (including phenoxy) is 1. The van der Waals surface area contributed by atoms with Crippen molar-refractivity contribution in [2.24, 2.45) is 14.1 Å². The number of hydrogen-bond donors (Lipinski definition) is 1. The Bertz CT molecular complexity index is 1550. The van der Waals surface area contributed by atoms with Gasteiger partial charge in [0.05, 0.1) is 5.75 Å². The standard InChI is InChI=1S/C21H19F2N5O4S/c1-4-33(30,31)25-13-6-8-17(32-18-7-5-12(22)9-16(18)23)14(10-13)15-11-27(2)21(29)19-20(15)28(3)26-24-19/h5-11,25H,4H2,1-3H3. The summed E-state index contributed by atoms with van der Waals surface area (Å²) in [4.78, 5) is 12.5. The van der Waals surface area contributed by atoms with E-state index in [-0.39, 0.29) is 34.0 Å². The van der Waals surface area contributed by atoms with E-state index < -0.39 is 21.7 Å². The average Bonchev–Trinajstić information content (AvgIpc) is 3.15. The molecule has 0 bridgehead atoms. The molecule has 0 spiro atoms. The number of hydrogen-bond acceptors (Lipinski definition) is 6. The number of sulfonamides is 1. The van der Waals surface area contributed by atoms with Crippen LogP contribution in [0, 0.1) is 11.6 Å². The second-order valence-corrected chi connectivity index (χ2v) is 9.27. The lowest BCUT2D eigenvalue weighted by atomic mass is 10.0. The lowest BCUT2D eigenvalue weighted by Crippen LogP contribution is -2.17. The van der Waals surface area contributed by atoms with Crippen LogP contribution in [0.25, 0.3) is 22.2 Å². The number of aromatic nitrogens is 4. The van der Waals surface area contributed by atoms with Gasteiger partial charge in [-0.25, -0.2) is 21.9 Å². The van der Waals surface area contributed by atoms with Crippen molar-refractivity contribution in [3.63, 3.8) is 0 Å². The zero-order chi connectivity index (χ0) is 23.9. The van der Waals surface area contributed by atoms with Crippen molar-refractivity contribution >= 4 is 26.7 Å². The van der Waals surface area contributed by atoms with Gasteiger partial charge in [-0.1, -0.05) is 5.21 Å². The maximum atomic E-state index is 14.3. The predicted octanol–water partition coefficient (Wildman–Crippen LogP) is 3.17. The van der Waals surface area contributed by atoms with Gasteiger partial charge in [0.2, 0.25) is 10.0 Å². The summed E-state index contributed by atoms with van der Waals surface area (Å²) >= 11 is 0. The molecule has 0 saturated heterocycles. The van der Waals surface area contributed by atoms with Gasteiger partial charge in [0.15, 0.2) is 17.1 Å². The lowest BCUT2D eigenvalue weighted by molar-refractivity contribution is 0.439. The molecule has 0 saturated carbocycles. The Morgan fingerprint density at radius 1 is 1.06 bits per heavy atom. The Morgan fingerprint density at radius 3 is 2.48 bits per heavy atom. The molecule has 12 heteroatoms. The first kappa shape index (κ1) is 22.4. The molecule has 33 heavy (non-hydrogen) atoms. The minimum absolute atomic E-state index is 0.0935. The number of anilines is 1. The first-order chi connectivity index (χ1) is 15.6. The Morgan fingerprint density at radius 2 is 1.79 bits per heavy atom. The van der Waals surface area contributed by atoms with Crippen molar-refractivity contribution in [2.45, 2.75) is 6.92 Å². The van der Waals surface area contributed by atoms with Gasteiger partial charge < -0.3 is 9.30 Å². The summed E-state index contributed by atoms with van der Waals surface area (Å²) in [6, 6.07) is 7.28. The van der Waals surface area contributed by atoms with Crippen LogP contribution in [0.4, 0.5) is 14.5 Å². The quantitative estimate of drug-likeness (QED) is 0.459. The highest BCUT2D eigenvalue weighted by Crippen LogP contribution is 2.38. The monoisotopic (exact) mass is 475 g/mol. The topological polar surface area (TPSA) is 108 Å². The highest BCUT2D eigenvalue weighted by molar-refractivity contribution is 7.92. The van der Waals surface area contributed by atoms with Gasteiger partial charge in [-0.15, -0.1) is 5.10 Å². The first-order valence-electron chi connectivity index (χ1n) is 9.76. The van der Waals surface area contributed by atoms with Crippen LogP contribution in [-0.4, -0.2) is 33.7 Å². The van der Waals surface area contributed by atoms with E-state index >= 15 is 0 Å². The molecule has 4 aromatic rings. The lowest BCUT2D eigenvalue weighted by Gasteiger charge is -2.16. The van der Waals surface area contributed by atoms with E-state index in [9.17, 15) is 22.0 Å². The second kappa shape index (κ2) is 8.28. The number of halogens is 2. The zero-order valence-electron chi connectivity index (χ0n) is 17.8. The van der Waals surface area contributed by atoms with Crippen LogP contribution < -0.4 is 15.0 Å². The van der Waals surface area contributed by atoms with Crippen molar-refractivity contribution in [2.75, 3.05) is 10.5 Å². The molecular weight excluding hydrogens is 456 g/mol. The molecule has 0 aliphatic rings. The van der Waals surface area contributed by atoms with E-state index in [2.05, 4.69) is 15.0 Å². The molecule has 0 unspecified atom stereocenters. The highest BCUT2D eigenvalue weighted by Gasteiger charge is 2.20. The molecule has 9 nitrogen and oxygen atoms in total. The van der Waals surface area contributed by atoms with Crippen molar-refractivity contribution in [3.8, 4) is 22.6 Å². The molecule has 0 fully saturated rings. The Hall–Kier alpha value is -3.80. The molecule has 4 rings (SSSR count). The van der Waals surface area contributed by atoms with Crippen LogP contribution >= 0.6 is 0 Å². The van der Waals surface area contributed by atoms with Gasteiger partial charge in [-0.05, 0) is 37.3 Å². The SMILES string of the molecule is CCS(=O)(=O)Nc1ccc(Oc2ccc(F)cc2F)c(-c2cn(C)c(=O)c3nnn(C)c23)c1. The van der Waals surface area contributed by atoms with Crippen LogP contribution in [0.1, 0.15) is 6.92 Å². The van der Waals surface area contributed by atoms with Crippen molar-refractivity contribution < 1.29 is 21.9 Å². The number of fused-ring (bicyclic) bond motifs is 1. The van der Waals surface area contributed by atoms with Gasteiger partial charge in [0.1, 0.15) is 17.1 Å². The minimum Gasteiger partial charge on any atom is -0.454 e. The number of aryl methyl sites for hydroxylation is 2. The summed E-state index contributed by atoms with van der Waals surface area (Å²) in [5.41, 5.74) is 1.09. The maximum absolute atomic E-state index is 14.3. The number of nitrogens with zero attached hydrogens (tertiary/aromatic N) is 4. The fourth-order valence-corrected chi connectivity index (χ4v) is 3.93. The maximum Gasteiger partial charge on any atom is 0.280 e. The molecule has 2 heterocycles. The Kier molecular flexibility index (Phi) is 5.62. The summed E-state index contributed by atoms with van der Waals surface area (Å²) in [5, 5.41) is 7.84. The molecule has 2 aromatic carbocycles. The van der Waals surface area contributed by atoms with Crippen molar-refractivity contribution in [1.29, 1.82) is 0 Å².